The first-order valence-corrected chi connectivity index (χ1v) is 13.5. The number of aliphatic hydroxyl groups excluding tert-OH is 1. The highest BCUT2D eigenvalue weighted by Crippen LogP contribution is 2.39. The van der Waals surface area contributed by atoms with E-state index in [0.717, 1.165) is 56.4 Å². The van der Waals surface area contributed by atoms with Gasteiger partial charge in [0.15, 0.2) is 11.5 Å². The first-order valence-electron chi connectivity index (χ1n) is 13.5. The van der Waals surface area contributed by atoms with E-state index in [1.807, 2.05) is 54.6 Å². The van der Waals surface area contributed by atoms with Gasteiger partial charge in [-0.25, -0.2) is 0 Å². The van der Waals surface area contributed by atoms with Crippen LogP contribution < -0.4 is 4.74 Å². The molecule has 1 aliphatic rings. The number of ketones is 1. The summed E-state index contributed by atoms with van der Waals surface area (Å²) in [7, 11) is 0. The molecule has 0 fully saturated rings. The average molecular weight is 505 g/mol. The van der Waals surface area contributed by atoms with Crippen molar-refractivity contribution in [1.29, 1.82) is 0 Å². The molecule has 0 spiro atoms. The molecule has 0 aliphatic carbocycles. The maximum atomic E-state index is 13.4. The summed E-state index contributed by atoms with van der Waals surface area (Å²) in [6.45, 7) is 10.1. The maximum absolute atomic E-state index is 13.4. The number of amides is 1. The number of carbonyl (C=O) groups excluding carboxylic acids is 2. The maximum Gasteiger partial charge on any atom is 0.290 e. The van der Waals surface area contributed by atoms with Crippen molar-refractivity contribution in [3.63, 3.8) is 0 Å². The van der Waals surface area contributed by atoms with E-state index in [0.29, 0.717) is 18.9 Å². The molecular formula is C31H40N2O4. The normalized spacial score (nSPS) is 15.8. The van der Waals surface area contributed by atoms with E-state index in [1.165, 1.54) is 6.08 Å². The van der Waals surface area contributed by atoms with E-state index in [9.17, 15) is 14.7 Å². The Hall–Kier alpha value is -3.38. The van der Waals surface area contributed by atoms with Crippen molar-refractivity contribution in [2.45, 2.75) is 52.5 Å². The number of nitrogens with zero attached hydrogens (tertiary/aromatic N) is 2. The van der Waals surface area contributed by atoms with E-state index in [1.54, 1.807) is 11.0 Å². The second-order valence-corrected chi connectivity index (χ2v) is 9.28. The van der Waals surface area contributed by atoms with Gasteiger partial charge in [-0.15, -0.1) is 0 Å². The monoisotopic (exact) mass is 504 g/mol. The Morgan fingerprint density at radius 3 is 2.49 bits per heavy atom. The third kappa shape index (κ3) is 7.56. The molecule has 37 heavy (non-hydrogen) atoms. The van der Waals surface area contributed by atoms with Crippen LogP contribution in [-0.4, -0.2) is 59.4 Å². The van der Waals surface area contributed by atoms with Gasteiger partial charge in [0.1, 0.15) is 5.75 Å². The minimum absolute atomic E-state index is 0.114. The van der Waals surface area contributed by atoms with Gasteiger partial charge in [-0.1, -0.05) is 82.2 Å². The molecule has 1 unspecified atom stereocenters. The summed E-state index contributed by atoms with van der Waals surface area (Å²) >= 11 is 0. The fraction of sp³-hybridized carbons (Fsp3) is 0.419. The van der Waals surface area contributed by atoms with Crippen molar-refractivity contribution >= 4 is 17.8 Å². The van der Waals surface area contributed by atoms with Gasteiger partial charge < -0.3 is 19.6 Å². The third-order valence-corrected chi connectivity index (χ3v) is 6.75. The molecule has 2 aromatic carbocycles. The van der Waals surface area contributed by atoms with Crippen molar-refractivity contribution in [1.82, 2.24) is 9.80 Å². The van der Waals surface area contributed by atoms with Crippen molar-refractivity contribution in [3.05, 3.63) is 83.1 Å². The Labute approximate surface area is 221 Å². The molecule has 1 aliphatic heterocycles. The summed E-state index contributed by atoms with van der Waals surface area (Å²) in [5, 5.41) is 10.9. The van der Waals surface area contributed by atoms with Crippen molar-refractivity contribution < 1.29 is 19.4 Å². The lowest BCUT2D eigenvalue weighted by Crippen LogP contribution is -2.34. The summed E-state index contributed by atoms with van der Waals surface area (Å²) in [5.74, 6) is -0.650. The molecule has 0 saturated heterocycles. The Kier molecular flexibility index (Phi) is 11.0. The molecule has 6 nitrogen and oxygen atoms in total. The highest BCUT2D eigenvalue weighted by molar-refractivity contribution is 6.14. The number of allylic oxidation sites excluding steroid dienone is 1. The molecule has 0 saturated carbocycles. The van der Waals surface area contributed by atoms with Gasteiger partial charge in [0, 0.05) is 6.54 Å². The van der Waals surface area contributed by atoms with Crippen LogP contribution in [0.4, 0.5) is 0 Å². The van der Waals surface area contributed by atoms with Gasteiger partial charge in [0.05, 0.1) is 18.2 Å². The predicted molar refractivity (Wildman–Crippen MR) is 148 cm³/mol. The van der Waals surface area contributed by atoms with Crippen LogP contribution in [0.25, 0.3) is 6.08 Å². The second kappa shape index (κ2) is 14.4. The SMILES string of the molecule is CCCCCOc1cccc(C2C(C(=O)C=Cc3ccccc3)=C(O)C(=O)N2CCCN(CC)CC)c1. The van der Waals surface area contributed by atoms with Crippen LogP contribution in [0, 0.1) is 0 Å². The van der Waals surface area contributed by atoms with E-state index < -0.39 is 17.7 Å². The van der Waals surface area contributed by atoms with E-state index in [-0.39, 0.29) is 11.4 Å². The zero-order chi connectivity index (χ0) is 26.6. The van der Waals surface area contributed by atoms with E-state index >= 15 is 0 Å². The molecule has 1 amide bonds. The fourth-order valence-electron chi connectivity index (χ4n) is 4.63. The molecule has 3 rings (SSSR count). The molecule has 0 aromatic heterocycles. The molecule has 0 bridgehead atoms. The number of carbonyl (C=O) groups is 2. The molecule has 2 aromatic rings. The zero-order valence-corrected chi connectivity index (χ0v) is 22.4. The summed E-state index contributed by atoms with van der Waals surface area (Å²) in [6.07, 6.45) is 7.06. The molecule has 0 radical (unpaired) electrons. The molecule has 1 heterocycles. The third-order valence-electron chi connectivity index (χ3n) is 6.75. The highest BCUT2D eigenvalue weighted by atomic mass is 16.5. The fourth-order valence-corrected chi connectivity index (χ4v) is 4.63. The second-order valence-electron chi connectivity index (χ2n) is 9.28. The minimum atomic E-state index is -0.670. The Balaban J connectivity index is 1.89. The summed E-state index contributed by atoms with van der Waals surface area (Å²) in [4.78, 5) is 30.5. The average Bonchev–Trinajstić information content (AvgIpc) is 3.18. The number of unbranched alkanes of at least 4 members (excludes halogenated alkanes) is 2. The smallest absolute Gasteiger partial charge is 0.290 e. The van der Waals surface area contributed by atoms with Gasteiger partial charge in [-0.05, 0) is 61.8 Å². The number of benzene rings is 2. The molecular weight excluding hydrogens is 464 g/mol. The predicted octanol–water partition coefficient (Wildman–Crippen LogP) is 5.97. The number of hydrogen-bond acceptors (Lipinski definition) is 5. The topological polar surface area (TPSA) is 70.1 Å². The summed E-state index contributed by atoms with van der Waals surface area (Å²) < 4.78 is 5.95. The van der Waals surface area contributed by atoms with Crippen LogP contribution in [-0.2, 0) is 9.59 Å². The van der Waals surface area contributed by atoms with Crippen molar-refractivity contribution in [2.75, 3.05) is 32.8 Å². The number of rotatable bonds is 15. The van der Waals surface area contributed by atoms with Gasteiger partial charge in [0.2, 0.25) is 0 Å². The quantitative estimate of drug-likeness (QED) is 0.239. The van der Waals surface area contributed by atoms with Gasteiger partial charge >= 0.3 is 0 Å². The standard InChI is InChI=1S/C31H40N2O4/c1-4-7-11-22-37-26-17-12-16-25(23-26)29-28(27(34)19-18-24-14-9-8-10-15-24)30(35)31(36)33(29)21-13-20-32(5-2)6-3/h8-10,12,14-19,23,29,35H,4-7,11,13,20-22H2,1-3H3. The highest BCUT2D eigenvalue weighted by Gasteiger charge is 2.42. The first kappa shape index (κ1) is 28.2. The van der Waals surface area contributed by atoms with Crippen LogP contribution >= 0.6 is 0 Å². The van der Waals surface area contributed by atoms with Crippen LogP contribution in [0.15, 0.2) is 72.0 Å². The van der Waals surface area contributed by atoms with Gasteiger partial charge in [0.25, 0.3) is 5.91 Å². The Bertz CT molecular complexity index is 1090. The lowest BCUT2D eigenvalue weighted by atomic mass is 9.95. The molecule has 6 heteroatoms. The largest absolute Gasteiger partial charge is 0.503 e. The Morgan fingerprint density at radius 2 is 1.78 bits per heavy atom. The summed E-state index contributed by atoms with van der Waals surface area (Å²) in [5.41, 5.74) is 1.74. The minimum Gasteiger partial charge on any atom is -0.503 e. The van der Waals surface area contributed by atoms with Gasteiger partial charge in [-0.2, -0.15) is 0 Å². The number of hydrogen-bond donors (Lipinski definition) is 1. The van der Waals surface area contributed by atoms with Gasteiger partial charge in [-0.3, -0.25) is 9.59 Å². The lowest BCUT2D eigenvalue weighted by Gasteiger charge is -2.28. The zero-order valence-electron chi connectivity index (χ0n) is 22.4. The van der Waals surface area contributed by atoms with Crippen LogP contribution in [0.3, 0.4) is 0 Å². The number of ether oxygens (including phenoxy) is 1. The lowest BCUT2D eigenvalue weighted by molar-refractivity contribution is -0.129. The molecule has 198 valence electrons. The van der Waals surface area contributed by atoms with Crippen molar-refractivity contribution in [2.24, 2.45) is 0 Å². The van der Waals surface area contributed by atoms with Crippen LogP contribution in [0.1, 0.15) is 63.6 Å². The van der Waals surface area contributed by atoms with Crippen LogP contribution in [0.5, 0.6) is 5.75 Å². The van der Waals surface area contributed by atoms with E-state index in [4.69, 9.17) is 4.74 Å². The van der Waals surface area contributed by atoms with Crippen LogP contribution in [0.2, 0.25) is 0 Å². The van der Waals surface area contributed by atoms with E-state index in [2.05, 4.69) is 25.7 Å². The summed E-state index contributed by atoms with van der Waals surface area (Å²) in [6, 6.07) is 16.4. The Morgan fingerprint density at radius 1 is 1.03 bits per heavy atom. The molecule has 1 atom stereocenters. The first-order chi connectivity index (χ1) is 18.0. The number of aliphatic hydroxyl groups is 1. The molecule has 1 N–H and O–H groups in total. The van der Waals surface area contributed by atoms with Crippen molar-refractivity contribution in [3.8, 4) is 5.75 Å².